The number of amides is 1. The highest BCUT2D eigenvalue weighted by molar-refractivity contribution is 5.67. The van der Waals surface area contributed by atoms with Crippen molar-refractivity contribution in [2.24, 2.45) is 11.3 Å². The van der Waals surface area contributed by atoms with Crippen molar-refractivity contribution in [3.8, 4) is 0 Å². The number of rotatable bonds is 2. The average Bonchev–Trinajstić information content (AvgIpc) is 2.47. The van der Waals surface area contributed by atoms with Crippen molar-refractivity contribution in [3.05, 3.63) is 0 Å². The van der Waals surface area contributed by atoms with Gasteiger partial charge >= 0.3 is 6.09 Å². The molecule has 0 aromatic carbocycles. The van der Waals surface area contributed by atoms with E-state index in [-0.39, 0.29) is 6.09 Å². The van der Waals surface area contributed by atoms with E-state index in [2.05, 4.69) is 25.7 Å². The summed E-state index contributed by atoms with van der Waals surface area (Å²) in [5, 5.41) is 0. The molecule has 1 saturated carbocycles. The van der Waals surface area contributed by atoms with Crippen molar-refractivity contribution in [3.63, 3.8) is 0 Å². The summed E-state index contributed by atoms with van der Waals surface area (Å²) in [5.41, 5.74) is 0.452. The van der Waals surface area contributed by atoms with Crippen LogP contribution in [0.4, 0.5) is 4.79 Å². The topological polar surface area (TPSA) is 32.8 Å². The Bertz CT molecular complexity index is 335. The Labute approximate surface area is 129 Å². The summed E-state index contributed by atoms with van der Waals surface area (Å²) in [4.78, 5) is 16.2. The number of hydrogen-bond acceptors (Lipinski definition) is 3. The van der Waals surface area contributed by atoms with Crippen LogP contribution < -0.4 is 0 Å². The molecule has 21 heavy (non-hydrogen) atoms. The van der Waals surface area contributed by atoms with E-state index < -0.39 is 0 Å². The molecule has 0 aromatic heterocycles. The summed E-state index contributed by atoms with van der Waals surface area (Å²) in [5.74, 6) is 0.870. The fraction of sp³-hybridized carbons (Fsp3) is 0.941. The Morgan fingerprint density at radius 2 is 1.62 bits per heavy atom. The summed E-state index contributed by atoms with van der Waals surface area (Å²) >= 11 is 0. The second-order valence-electron chi connectivity index (χ2n) is 7.59. The van der Waals surface area contributed by atoms with Crippen LogP contribution in [0.3, 0.4) is 0 Å². The van der Waals surface area contributed by atoms with Crippen LogP contribution >= 0.6 is 0 Å². The Morgan fingerprint density at radius 1 is 1.05 bits per heavy atom. The van der Waals surface area contributed by atoms with Crippen LogP contribution in [-0.2, 0) is 4.74 Å². The monoisotopic (exact) mass is 296 g/mol. The van der Waals surface area contributed by atoms with Crippen LogP contribution in [0, 0.1) is 11.3 Å². The zero-order chi connectivity index (χ0) is 15.5. The third-order valence-corrected chi connectivity index (χ3v) is 5.28. The van der Waals surface area contributed by atoms with Gasteiger partial charge in [0, 0.05) is 32.2 Å². The molecule has 0 unspecified atom stereocenters. The summed E-state index contributed by atoms with van der Waals surface area (Å²) in [7, 11) is 0. The molecule has 4 heteroatoms. The smallest absolute Gasteiger partial charge is 0.409 e. The van der Waals surface area contributed by atoms with Gasteiger partial charge in [-0.05, 0) is 43.9 Å². The second-order valence-corrected chi connectivity index (χ2v) is 7.59. The lowest BCUT2D eigenvalue weighted by molar-refractivity contribution is 0.0444. The van der Waals surface area contributed by atoms with Gasteiger partial charge in [-0.1, -0.05) is 20.8 Å². The predicted octanol–water partition coefficient (Wildman–Crippen LogP) is 3.37. The van der Waals surface area contributed by atoms with Gasteiger partial charge in [-0.15, -0.1) is 0 Å². The Kier molecular flexibility index (Phi) is 5.53. The third-order valence-electron chi connectivity index (χ3n) is 5.28. The second kappa shape index (κ2) is 6.99. The molecule has 0 radical (unpaired) electrons. The van der Waals surface area contributed by atoms with Gasteiger partial charge in [0.25, 0.3) is 0 Å². The van der Waals surface area contributed by atoms with Crippen LogP contribution in [0.5, 0.6) is 0 Å². The van der Waals surface area contributed by atoms with E-state index in [1.807, 2.05) is 11.8 Å². The van der Waals surface area contributed by atoms with E-state index in [1.54, 1.807) is 0 Å². The SMILES string of the molecule is CCOC(=O)N1CCN(C2CCC(C(C)(C)C)CC2)CC1. The zero-order valence-corrected chi connectivity index (χ0v) is 14.2. The fourth-order valence-electron chi connectivity index (χ4n) is 3.79. The Morgan fingerprint density at radius 3 is 2.10 bits per heavy atom. The first kappa shape index (κ1) is 16.6. The summed E-state index contributed by atoms with van der Waals surface area (Å²) in [6.07, 6.45) is 5.20. The van der Waals surface area contributed by atoms with Crippen molar-refractivity contribution < 1.29 is 9.53 Å². The van der Waals surface area contributed by atoms with Crippen molar-refractivity contribution in [2.45, 2.75) is 59.4 Å². The van der Waals surface area contributed by atoms with Crippen LogP contribution in [0.2, 0.25) is 0 Å². The first-order valence-corrected chi connectivity index (χ1v) is 8.57. The number of carbonyl (C=O) groups excluding carboxylic acids is 1. The van der Waals surface area contributed by atoms with Crippen LogP contribution in [0.15, 0.2) is 0 Å². The number of hydrogen-bond donors (Lipinski definition) is 0. The van der Waals surface area contributed by atoms with Gasteiger partial charge in [0.2, 0.25) is 0 Å². The van der Waals surface area contributed by atoms with Gasteiger partial charge in [0.05, 0.1) is 6.61 Å². The first-order valence-electron chi connectivity index (χ1n) is 8.57. The quantitative estimate of drug-likeness (QED) is 0.783. The summed E-state index contributed by atoms with van der Waals surface area (Å²) < 4.78 is 5.08. The molecule has 1 aliphatic carbocycles. The minimum absolute atomic E-state index is 0.145. The van der Waals surface area contributed by atoms with Gasteiger partial charge in [-0.2, -0.15) is 0 Å². The number of piperazine rings is 1. The van der Waals surface area contributed by atoms with Gasteiger partial charge in [-0.3, -0.25) is 4.90 Å². The molecular formula is C17H32N2O2. The molecule has 0 atom stereocenters. The third kappa shape index (κ3) is 4.35. The zero-order valence-electron chi connectivity index (χ0n) is 14.2. The standard InChI is InChI=1S/C17H32N2O2/c1-5-21-16(20)19-12-10-18(11-13-19)15-8-6-14(7-9-15)17(2,3)4/h14-15H,5-13H2,1-4H3. The molecule has 2 aliphatic rings. The Hall–Kier alpha value is -0.770. The lowest BCUT2D eigenvalue weighted by Crippen LogP contribution is -2.53. The maximum Gasteiger partial charge on any atom is 0.409 e. The van der Waals surface area contributed by atoms with E-state index in [4.69, 9.17) is 4.74 Å². The molecule has 0 spiro atoms. The molecule has 0 N–H and O–H groups in total. The van der Waals surface area contributed by atoms with E-state index in [0.717, 1.165) is 38.1 Å². The van der Waals surface area contributed by atoms with Crippen LogP contribution in [-0.4, -0.2) is 54.7 Å². The highest BCUT2D eigenvalue weighted by atomic mass is 16.6. The highest BCUT2D eigenvalue weighted by Crippen LogP contribution is 2.39. The van der Waals surface area contributed by atoms with Gasteiger partial charge in [0.15, 0.2) is 0 Å². The lowest BCUT2D eigenvalue weighted by atomic mass is 9.71. The molecule has 1 amide bonds. The van der Waals surface area contributed by atoms with Crippen molar-refractivity contribution >= 4 is 6.09 Å². The van der Waals surface area contributed by atoms with Gasteiger partial charge in [-0.25, -0.2) is 4.79 Å². The summed E-state index contributed by atoms with van der Waals surface area (Å²) in [6.45, 7) is 13.1. The average molecular weight is 296 g/mol. The van der Waals surface area contributed by atoms with Crippen molar-refractivity contribution in [2.75, 3.05) is 32.8 Å². The normalized spacial score (nSPS) is 28.5. The molecule has 122 valence electrons. The molecular weight excluding hydrogens is 264 g/mol. The minimum atomic E-state index is -0.145. The molecule has 1 aliphatic heterocycles. The predicted molar refractivity (Wildman–Crippen MR) is 85.4 cm³/mol. The maximum atomic E-state index is 11.7. The molecule has 1 saturated heterocycles. The molecule has 0 bridgehead atoms. The maximum absolute atomic E-state index is 11.7. The number of ether oxygens (including phenoxy) is 1. The molecule has 2 rings (SSSR count). The van der Waals surface area contributed by atoms with E-state index in [0.29, 0.717) is 12.0 Å². The van der Waals surface area contributed by atoms with E-state index in [9.17, 15) is 4.79 Å². The molecule has 4 nitrogen and oxygen atoms in total. The van der Waals surface area contributed by atoms with Crippen LogP contribution in [0.1, 0.15) is 53.4 Å². The van der Waals surface area contributed by atoms with Crippen molar-refractivity contribution in [1.29, 1.82) is 0 Å². The van der Waals surface area contributed by atoms with Crippen LogP contribution in [0.25, 0.3) is 0 Å². The van der Waals surface area contributed by atoms with E-state index in [1.165, 1.54) is 25.7 Å². The fourth-order valence-corrected chi connectivity index (χ4v) is 3.79. The molecule has 1 heterocycles. The summed E-state index contributed by atoms with van der Waals surface area (Å²) in [6, 6.07) is 0.730. The largest absolute Gasteiger partial charge is 0.450 e. The Balaban J connectivity index is 1.75. The number of carbonyl (C=O) groups is 1. The van der Waals surface area contributed by atoms with Gasteiger partial charge < -0.3 is 9.64 Å². The minimum Gasteiger partial charge on any atom is -0.450 e. The molecule has 2 fully saturated rings. The number of nitrogens with zero attached hydrogens (tertiary/aromatic N) is 2. The van der Waals surface area contributed by atoms with E-state index >= 15 is 0 Å². The van der Waals surface area contributed by atoms with Gasteiger partial charge in [0.1, 0.15) is 0 Å². The lowest BCUT2D eigenvalue weighted by Gasteiger charge is -2.43. The molecule has 0 aromatic rings. The first-order chi connectivity index (χ1) is 9.91. The van der Waals surface area contributed by atoms with Crippen molar-refractivity contribution in [1.82, 2.24) is 9.80 Å². The highest BCUT2D eigenvalue weighted by Gasteiger charge is 2.33.